The van der Waals surface area contributed by atoms with Gasteiger partial charge in [0.1, 0.15) is 5.82 Å². The standard InChI is InChI=1S/C26H34N6O.CH4/c1-18(33)28-21-12-8-19(9-13-21)16-27-17-20-10-14-22(15-11-20)29-26-30-24-7-5-4-6-23(24)25(31-26)32(2)3;/h4-9,12-13,20,22,27H,10-11,14-17H2,1-3H3,(H,28,33)(H,29,30,31);1H4. The molecule has 7 heteroatoms. The fourth-order valence-electron chi connectivity index (χ4n) is 4.49. The van der Waals surface area contributed by atoms with E-state index in [0.29, 0.717) is 12.0 Å². The van der Waals surface area contributed by atoms with Crippen LogP contribution in [0.15, 0.2) is 48.5 Å². The minimum atomic E-state index is -0.0451. The highest BCUT2D eigenvalue weighted by Gasteiger charge is 2.22. The Morgan fingerprint density at radius 3 is 2.38 bits per heavy atom. The van der Waals surface area contributed by atoms with E-state index in [1.54, 1.807) is 0 Å². The Bertz CT molecular complexity index is 1070. The van der Waals surface area contributed by atoms with E-state index in [1.807, 2.05) is 49.3 Å². The van der Waals surface area contributed by atoms with Crippen molar-refractivity contribution in [2.24, 2.45) is 5.92 Å². The Labute approximate surface area is 203 Å². The van der Waals surface area contributed by atoms with Crippen LogP contribution in [0.5, 0.6) is 0 Å². The molecule has 34 heavy (non-hydrogen) atoms. The number of benzene rings is 2. The number of fused-ring (bicyclic) bond motifs is 1. The summed E-state index contributed by atoms with van der Waals surface area (Å²) in [4.78, 5) is 22.7. The molecule has 0 aliphatic heterocycles. The third-order valence-corrected chi connectivity index (χ3v) is 6.22. The van der Waals surface area contributed by atoms with Crippen LogP contribution in [0.4, 0.5) is 17.5 Å². The summed E-state index contributed by atoms with van der Waals surface area (Å²) >= 11 is 0. The Morgan fingerprint density at radius 2 is 1.71 bits per heavy atom. The van der Waals surface area contributed by atoms with E-state index in [9.17, 15) is 4.79 Å². The molecule has 0 saturated heterocycles. The average molecular weight is 463 g/mol. The molecule has 1 heterocycles. The molecule has 1 aliphatic rings. The van der Waals surface area contributed by atoms with E-state index in [-0.39, 0.29) is 13.3 Å². The quantitative estimate of drug-likeness (QED) is 0.435. The fraction of sp³-hybridized carbons (Fsp3) is 0.444. The predicted octanol–water partition coefficient (Wildman–Crippen LogP) is 5.05. The number of amides is 1. The van der Waals surface area contributed by atoms with E-state index in [2.05, 4.69) is 34.1 Å². The Morgan fingerprint density at radius 1 is 1.00 bits per heavy atom. The molecule has 1 amide bonds. The highest BCUT2D eigenvalue weighted by Crippen LogP contribution is 2.28. The van der Waals surface area contributed by atoms with Crippen LogP contribution in [0, 0.1) is 5.92 Å². The molecular weight excluding hydrogens is 424 g/mol. The topological polar surface area (TPSA) is 82.2 Å². The summed E-state index contributed by atoms with van der Waals surface area (Å²) in [6.45, 7) is 3.39. The molecule has 7 nitrogen and oxygen atoms in total. The minimum Gasteiger partial charge on any atom is -0.362 e. The molecule has 0 radical (unpaired) electrons. The summed E-state index contributed by atoms with van der Waals surface area (Å²) in [5, 5.41) is 11.1. The van der Waals surface area contributed by atoms with Crippen LogP contribution in [0.3, 0.4) is 0 Å². The molecule has 3 aromatic rings. The molecule has 0 spiro atoms. The monoisotopic (exact) mass is 462 g/mol. The SMILES string of the molecule is C.CC(=O)Nc1ccc(CNCC2CCC(Nc3nc(N(C)C)c4ccccc4n3)CC2)cc1. The number of hydrogen-bond acceptors (Lipinski definition) is 6. The minimum absolute atomic E-state index is 0. The molecule has 3 N–H and O–H groups in total. The van der Waals surface area contributed by atoms with E-state index in [4.69, 9.17) is 9.97 Å². The molecule has 1 aliphatic carbocycles. The van der Waals surface area contributed by atoms with Gasteiger partial charge in [0.2, 0.25) is 11.9 Å². The lowest BCUT2D eigenvalue weighted by Gasteiger charge is -2.29. The van der Waals surface area contributed by atoms with Gasteiger partial charge in [-0.25, -0.2) is 4.98 Å². The summed E-state index contributed by atoms with van der Waals surface area (Å²) in [6, 6.07) is 16.6. The first-order chi connectivity index (χ1) is 16.0. The highest BCUT2D eigenvalue weighted by atomic mass is 16.1. The summed E-state index contributed by atoms with van der Waals surface area (Å²) in [6.07, 6.45) is 4.65. The van der Waals surface area contributed by atoms with Crippen molar-refractivity contribution >= 4 is 34.3 Å². The van der Waals surface area contributed by atoms with Crippen LogP contribution in [0.25, 0.3) is 10.9 Å². The van der Waals surface area contributed by atoms with E-state index in [0.717, 1.165) is 54.3 Å². The number of para-hydroxylation sites is 1. The van der Waals surface area contributed by atoms with Gasteiger partial charge in [0, 0.05) is 44.7 Å². The van der Waals surface area contributed by atoms with Gasteiger partial charge in [-0.05, 0) is 68.0 Å². The Balaban J connectivity index is 0.00000324. The third kappa shape index (κ3) is 6.67. The molecule has 0 atom stereocenters. The number of hydrogen-bond donors (Lipinski definition) is 3. The van der Waals surface area contributed by atoms with Gasteiger partial charge in [-0.2, -0.15) is 4.98 Å². The lowest BCUT2D eigenvalue weighted by atomic mass is 9.86. The molecule has 1 saturated carbocycles. The second-order valence-corrected chi connectivity index (χ2v) is 9.15. The predicted molar refractivity (Wildman–Crippen MR) is 142 cm³/mol. The van der Waals surface area contributed by atoms with Crippen molar-refractivity contribution in [1.29, 1.82) is 0 Å². The fourth-order valence-corrected chi connectivity index (χ4v) is 4.49. The Hall–Kier alpha value is -3.19. The van der Waals surface area contributed by atoms with Gasteiger partial charge in [0.15, 0.2) is 0 Å². The normalized spacial score (nSPS) is 17.6. The number of rotatable bonds is 8. The van der Waals surface area contributed by atoms with Crippen LogP contribution in [-0.4, -0.2) is 42.6 Å². The van der Waals surface area contributed by atoms with Crippen molar-refractivity contribution < 1.29 is 4.79 Å². The number of aromatic nitrogens is 2. The molecule has 4 rings (SSSR count). The first-order valence-electron chi connectivity index (χ1n) is 11.8. The van der Waals surface area contributed by atoms with Gasteiger partial charge in [0.05, 0.1) is 5.52 Å². The van der Waals surface area contributed by atoms with Crippen molar-refractivity contribution in [3.8, 4) is 0 Å². The number of nitrogens with zero attached hydrogens (tertiary/aromatic N) is 3. The van der Waals surface area contributed by atoms with Crippen LogP contribution in [0.1, 0.15) is 45.6 Å². The lowest BCUT2D eigenvalue weighted by molar-refractivity contribution is -0.114. The second-order valence-electron chi connectivity index (χ2n) is 9.15. The second kappa shape index (κ2) is 11.8. The van der Waals surface area contributed by atoms with Gasteiger partial charge in [-0.1, -0.05) is 31.7 Å². The number of nitrogens with one attached hydrogen (secondary N) is 3. The molecule has 0 bridgehead atoms. The Kier molecular flexibility index (Phi) is 8.82. The van der Waals surface area contributed by atoms with Crippen LogP contribution in [0.2, 0.25) is 0 Å². The number of carbonyl (C=O) groups excluding carboxylic acids is 1. The van der Waals surface area contributed by atoms with Crippen molar-refractivity contribution in [2.75, 3.05) is 36.2 Å². The van der Waals surface area contributed by atoms with Crippen LogP contribution >= 0.6 is 0 Å². The van der Waals surface area contributed by atoms with Crippen LogP contribution in [-0.2, 0) is 11.3 Å². The summed E-state index contributed by atoms with van der Waals surface area (Å²) in [5.41, 5.74) is 3.04. The maximum atomic E-state index is 11.1. The van der Waals surface area contributed by atoms with E-state index in [1.165, 1.54) is 25.3 Å². The summed E-state index contributed by atoms with van der Waals surface area (Å²) < 4.78 is 0. The molecule has 1 fully saturated rings. The van der Waals surface area contributed by atoms with Gasteiger partial charge in [-0.15, -0.1) is 0 Å². The molecule has 182 valence electrons. The largest absolute Gasteiger partial charge is 0.362 e. The molecule has 2 aromatic carbocycles. The average Bonchev–Trinajstić information content (AvgIpc) is 2.80. The maximum absolute atomic E-state index is 11.1. The first kappa shape index (κ1) is 25.4. The number of anilines is 3. The highest BCUT2D eigenvalue weighted by molar-refractivity contribution is 5.90. The van der Waals surface area contributed by atoms with Crippen molar-refractivity contribution in [1.82, 2.24) is 15.3 Å². The lowest BCUT2D eigenvalue weighted by Crippen LogP contribution is -2.31. The van der Waals surface area contributed by atoms with Crippen molar-refractivity contribution in [3.63, 3.8) is 0 Å². The zero-order valence-corrected chi connectivity index (χ0v) is 19.8. The van der Waals surface area contributed by atoms with E-state index < -0.39 is 0 Å². The van der Waals surface area contributed by atoms with Crippen molar-refractivity contribution in [2.45, 2.75) is 52.6 Å². The van der Waals surface area contributed by atoms with E-state index >= 15 is 0 Å². The summed E-state index contributed by atoms with van der Waals surface area (Å²) in [7, 11) is 4.04. The maximum Gasteiger partial charge on any atom is 0.225 e. The van der Waals surface area contributed by atoms with Gasteiger partial charge in [-0.3, -0.25) is 4.79 Å². The molecular formula is C27H38N6O. The zero-order chi connectivity index (χ0) is 23.2. The third-order valence-electron chi connectivity index (χ3n) is 6.22. The van der Waals surface area contributed by atoms with Gasteiger partial charge in [0.25, 0.3) is 0 Å². The first-order valence-corrected chi connectivity index (χ1v) is 11.8. The molecule has 0 unspecified atom stereocenters. The van der Waals surface area contributed by atoms with Crippen molar-refractivity contribution in [3.05, 3.63) is 54.1 Å². The van der Waals surface area contributed by atoms with Gasteiger partial charge < -0.3 is 20.9 Å². The zero-order valence-electron chi connectivity index (χ0n) is 19.8. The molecule has 1 aromatic heterocycles. The smallest absolute Gasteiger partial charge is 0.225 e. The van der Waals surface area contributed by atoms with Crippen LogP contribution < -0.4 is 20.9 Å². The van der Waals surface area contributed by atoms with Gasteiger partial charge >= 0.3 is 0 Å². The number of carbonyl (C=O) groups is 1. The summed E-state index contributed by atoms with van der Waals surface area (Å²) in [5.74, 6) is 2.32.